The first-order valence-electron chi connectivity index (χ1n) is 6.41. The molecular formula is C14H17BrN4O. The Morgan fingerprint density at radius 3 is 2.85 bits per heavy atom. The van der Waals surface area contributed by atoms with E-state index in [4.69, 9.17) is 10.5 Å². The van der Waals surface area contributed by atoms with Crippen molar-refractivity contribution < 1.29 is 4.74 Å². The van der Waals surface area contributed by atoms with Crippen molar-refractivity contribution in [2.24, 2.45) is 0 Å². The Balaban J connectivity index is 2.24. The van der Waals surface area contributed by atoms with Gasteiger partial charge >= 0.3 is 0 Å². The number of aromatic nitrogens is 2. The van der Waals surface area contributed by atoms with Crippen molar-refractivity contribution in [2.45, 2.75) is 20.3 Å². The summed E-state index contributed by atoms with van der Waals surface area (Å²) in [6.45, 7) is 4.88. The molecule has 1 aromatic heterocycles. The Labute approximate surface area is 126 Å². The first-order valence-corrected chi connectivity index (χ1v) is 7.20. The average Bonchev–Trinajstić information content (AvgIpc) is 2.40. The van der Waals surface area contributed by atoms with Crippen molar-refractivity contribution in [3.05, 3.63) is 34.3 Å². The Hall–Kier alpha value is -1.82. The van der Waals surface area contributed by atoms with Crippen LogP contribution in [0.25, 0.3) is 0 Å². The summed E-state index contributed by atoms with van der Waals surface area (Å²) >= 11 is 3.42. The van der Waals surface area contributed by atoms with Gasteiger partial charge in [-0.3, -0.25) is 0 Å². The standard InChI is InChI=1S/C14H17BrN4O/c1-3-6-17-12-8-13(19-14(16)18-12)20-11-7-10(15)5-4-9(11)2/h4-5,7-8H,3,6H2,1-2H3,(H3,16,17,18,19). The molecule has 1 aromatic carbocycles. The van der Waals surface area contributed by atoms with Crippen molar-refractivity contribution in [3.8, 4) is 11.6 Å². The van der Waals surface area contributed by atoms with Gasteiger partial charge in [-0.15, -0.1) is 0 Å². The summed E-state index contributed by atoms with van der Waals surface area (Å²) in [5, 5.41) is 3.17. The van der Waals surface area contributed by atoms with Gasteiger partial charge in [0.15, 0.2) is 0 Å². The molecule has 0 spiro atoms. The van der Waals surface area contributed by atoms with Gasteiger partial charge in [0, 0.05) is 17.1 Å². The number of ether oxygens (including phenoxy) is 1. The molecule has 0 aliphatic carbocycles. The first kappa shape index (κ1) is 14.6. The van der Waals surface area contributed by atoms with E-state index in [1.165, 1.54) is 0 Å². The number of nitrogen functional groups attached to an aromatic ring is 1. The molecule has 0 radical (unpaired) electrons. The molecule has 6 heteroatoms. The number of aryl methyl sites for hydroxylation is 1. The third-order valence-electron chi connectivity index (χ3n) is 2.64. The SMILES string of the molecule is CCCNc1cc(Oc2cc(Br)ccc2C)nc(N)n1. The van der Waals surface area contributed by atoms with Crippen molar-refractivity contribution >= 4 is 27.7 Å². The maximum atomic E-state index is 5.79. The number of nitrogens with zero attached hydrogens (tertiary/aromatic N) is 2. The highest BCUT2D eigenvalue weighted by molar-refractivity contribution is 9.10. The maximum Gasteiger partial charge on any atom is 0.226 e. The minimum atomic E-state index is 0.189. The summed E-state index contributed by atoms with van der Waals surface area (Å²) in [6.07, 6.45) is 1.00. The molecule has 0 fully saturated rings. The lowest BCUT2D eigenvalue weighted by Gasteiger charge is -2.10. The van der Waals surface area contributed by atoms with E-state index in [2.05, 4.69) is 38.1 Å². The van der Waals surface area contributed by atoms with E-state index in [9.17, 15) is 0 Å². The fraction of sp³-hybridized carbons (Fsp3) is 0.286. The molecule has 5 nitrogen and oxygen atoms in total. The van der Waals surface area contributed by atoms with E-state index in [0.29, 0.717) is 11.7 Å². The highest BCUT2D eigenvalue weighted by Crippen LogP contribution is 2.28. The first-order chi connectivity index (χ1) is 9.58. The number of halogens is 1. The number of nitrogens with one attached hydrogen (secondary N) is 1. The van der Waals surface area contributed by atoms with E-state index in [-0.39, 0.29) is 5.95 Å². The number of hydrogen-bond acceptors (Lipinski definition) is 5. The molecule has 0 atom stereocenters. The van der Waals surface area contributed by atoms with Gasteiger partial charge in [-0.1, -0.05) is 28.9 Å². The molecule has 0 bridgehead atoms. The van der Waals surface area contributed by atoms with Gasteiger partial charge in [-0.2, -0.15) is 9.97 Å². The summed E-state index contributed by atoms with van der Waals surface area (Å²) in [5.41, 5.74) is 6.72. The Morgan fingerprint density at radius 2 is 2.10 bits per heavy atom. The number of nitrogens with two attached hydrogens (primary N) is 1. The molecule has 1 heterocycles. The van der Waals surface area contributed by atoms with Gasteiger partial charge in [0.05, 0.1) is 0 Å². The Bertz CT molecular complexity index is 604. The van der Waals surface area contributed by atoms with Gasteiger partial charge in [0.1, 0.15) is 11.6 Å². The molecular weight excluding hydrogens is 320 g/mol. The molecule has 0 aliphatic rings. The van der Waals surface area contributed by atoms with E-state index in [0.717, 1.165) is 28.8 Å². The number of anilines is 2. The third kappa shape index (κ3) is 3.84. The van der Waals surface area contributed by atoms with Crippen LogP contribution in [0.2, 0.25) is 0 Å². The average molecular weight is 337 g/mol. The molecule has 3 N–H and O–H groups in total. The second kappa shape index (κ2) is 6.56. The largest absolute Gasteiger partial charge is 0.438 e. The maximum absolute atomic E-state index is 5.79. The smallest absolute Gasteiger partial charge is 0.226 e. The van der Waals surface area contributed by atoms with Crippen molar-refractivity contribution in [3.63, 3.8) is 0 Å². The zero-order chi connectivity index (χ0) is 14.5. The Kier molecular flexibility index (Phi) is 4.79. The van der Waals surface area contributed by atoms with Crippen LogP contribution in [0.1, 0.15) is 18.9 Å². The number of rotatable bonds is 5. The zero-order valence-electron chi connectivity index (χ0n) is 11.5. The van der Waals surface area contributed by atoms with Crippen LogP contribution in [-0.4, -0.2) is 16.5 Å². The van der Waals surface area contributed by atoms with Gasteiger partial charge in [0.25, 0.3) is 0 Å². The van der Waals surface area contributed by atoms with Gasteiger partial charge in [-0.05, 0) is 31.0 Å². The lowest BCUT2D eigenvalue weighted by molar-refractivity contribution is 0.459. The van der Waals surface area contributed by atoms with E-state index >= 15 is 0 Å². The van der Waals surface area contributed by atoms with Crippen molar-refractivity contribution in [1.29, 1.82) is 0 Å². The predicted molar refractivity (Wildman–Crippen MR) is 84.2 cm³/mol. The highest BCUT2D eigenvalue weighted by atomic mass is 79.9. The van der Waals surface area contributed by atoms with Crippen LogP contribution >= 0.6 is 15.9 Å². The zero-order valence-corrected chi connectivity index (χ0v) is 13.1. The quantitative estimate of drug-likeness (QED) is 0.869. The molecule has 0 saturated heterocycles. The Morgan fingerprint density at radius 1 is 1.30 bits per heavy atom. The summed E-state index contributed by atoms with van der Waals surface area (Å²) in [6, 6.07) is 7.57. The monoisotopic (exact) mass is 336 g/mol. The molecule has 0 amide bonds. The van der Waals surface area contributed by atoms with Gasteiger partial charge < -0.3 is 15.8 Å². The molecule has 20 heavy (non-hydrogen) atoms. The molecule has 2 aromatic rings. The second-order valence-electron chi connectivity index (χ2n) is 4.39. The van der Waals surface area contributed by atoms with Crippen LogP contribution < -0.4 is 15.8 Å². The third-order valence-corrected chi connectivity index (χ3v) is 3.13. The molecule has 0 unspecified atom stereocenters. The van der Waals surface area contributed by atoms with E-state index < -0.39 is 0 Å². The topological polar surface area (TPSA) is 73.1 Å². The fourth-order valence-electron chi connectivity index (χ4n) is 1.64. The molecule has 0 saturated carbocycles. The van der Waals surface area contributed by atoms with Crippen molar-refractivity contribution in [2.75, 3.05) is 17.6 Å². The van der Waals surface area contributed by atoms with Crippen LogP contribution in [0.3, 0.4) is 0 Å². The number of benzene rings is 1. The van der Waals surface area contributed by atoms with E-state index in [1.807, 2.05) is 25.1 Å². The summed E-state index contributed by atoms with van der Waals surface area (Å²) < 4.78 is 6.74. The van der Waals surface area contributed by atoms with Crippen LogP contribution in [-0.2, 0) is 0 Å². The van der Waals surface area contributed by atoms with Gasteiger partial charge in [-0.25, -0.2) is 0 Å². The lowest BCUT2D eigenvalue weighted by atomic mass is 10.2. The van der Waals surface area contributed by atoms with Crippen LogP contribution in [0.5, 0.6) is 11.6 Å². The van der Waals surface area contributed by atoms with Crippen molar-refractivity contribution in [1.82, 2.24) is 9.97 Å². The van der Waals surface area contributed by atoms with E-state index in [1.54, 1.807) is 6.07 Å². The van der Waals surface area contributed by atoms with Gasteiger partial charge in [0.2, 0.25) is 11.8 Å². The predicted octanol–water partition coefficient (Wildman–Crippen LogP) is 3.74. The van der Waals surface area contributed by atoms with Crippen LogP contribution in [0.4, 0.5) is 11.8 Å². The lowest BCUT2D eigenvalue weighted by Crippen LogP contribution is -2.05. The van der Waals surface area contributed by atoms with Crippen LogP contribution in [0, 0.1) is 6.92 Å². The number of hydrogen-bond donors (Lipinski definition) is 2. The molecule has 0 aliphatic heterocycles. The normalized spacial score (nSPS) is 10.3. The van der Waals surface area contributed by atoms with Crippen LogP contribution in [0.15, 0.2) is 28.7 Å². The fourth-order valence-corrected chi connectivity index (χ4v) is 1.98. The highest BCUT2D eigenvalue weighted by Gasteiger charge is 2.07. The summed E-state index contributed by atoms with van der Waals surface area (Å²) in [4.78, 5) is 8.22. The molecule has 106 valence electrons. The second-order valence-corrected chi connectivity index (χ2v) is 5.30. The minimum absolute atomic E-state index is 0.189. The summed E-state index contributed by atoms with van der Waals surface area (Å²) in [7, 11) is 0. The minimum Gasteiger partial charge on any atom is -0.438 e. The summed E-state index contributed by atoms with van der Waals surface area (Å²) in [5.74, 6) is 2.02. The molecule has 2 rings (SSSR count).